The molecule has 1 heterocycles. The topological polar surface area (TPSA) is 57.6 Å². The van der Waals surface area contributed by atoms with Crippen LogP contribution in [0.4, 0.5) is 4.39 Å². The summed E-state index contributed by atoms with van der Waals surface area (Å²) >= 11 is 0. The van der Waals surface area contributed by atoms with E-state index in [1.165, 1.54) is 17.6 Å². The largest absolute Gasteiger partial charge is 0.302 e. The molecule has 0 atom stereocenters. The van der Waals surface area contributed by atoms with Crippen molar-refractivity contribution >= 4 is 10.1 Å². The number of hydrogen-bond acceptors (Lipinski definition) is 3. The molecule has 136 valence electrons. The highest BCUT2D eigenvalue weighted by Gasteiger charge is 2.08. The summed E-state index contributed by atoms with van der Waals surface area (Å²) in [5, 5.41) is 0. The Labute approximate surface area is 141 Å². The SMILES string of the molecule is CC/C(F)=C\C=C(/C)C1=CCN(C)CC1.CCC.CS(=O)(=O)O. The molecule has 6 heteroatoms. The van der Waals surface area contributed by atoms with Crippen LogP contribution in [0.2, 0.25) is 0 Å². The molecule has 0 aliphatic carbocycles. The van der Waals surface area contributed by atoms with Gasteiger partial charge in [0.15, 0.2) is 0 Å². The number of likely N-dealkylation sites (N-methyl/N-ethyl adjacent to an activating group) is 1. The maximum absolute atomic E-state index is 12.9. The highest BCUT2D eigenvalue weighted by Crippen LogP contribution is 2.18. The Balaban J connectivity index is 0. The Bertz CT molecular complexity index is 500. The molecule has 1 aliphatic heterocycles. The van der Waals surface area contributed by atoms with Crippen molar-refractivity contribution in [1.82, 2.24) is 4.90 Å². The smallest absolute Gasteiger partial charge is 0.261 e. The van der Waals surface area contributed by atoms with Gasteiger partial charge in [-0.05, 0) is 44.0 Å². The molecule has 0 aromatic heterocycles. The highest BCUT2D eigenvalue weighted by atomic mass is 32.2. The van der Waals surface area contributed by atoms with Crippen LogP contribution in [0.3, 0.4) is 0 Å². The summed E-state index contributed by atoms with van der Waals surface area (Å²) in [5.41, 5.74) is 2.54. The van der Waals surface area contributed by atoms with Crippen molar-refractivity contribution < 1.29 is 17.4 Å². The van der Waals surface area contributed by atoms with Gasteiger partial charge in [0.05, 0.1) is 12.1 Å². The third kappa shape index (κ3) is 19.0. The van der Waals surface area contributed by atoms with Crippen LogP contribution in [0.15, 0.2) is 35.2 Å². The van der Waals surface area contributed by atoms with Gasteiger partial charge in [-0.15, -0.1) is 0 Å². The fourth-order valence-corrected chi connectivity index (χ4v) is 1.57. The highest BCUT2D eigenvalue weighted by molar-refractivity contribution is 7.85. The maximum Gasteiger partial charge on any atom is 0.261 e. The fourth-order valence-electron chi connectivity index (χ4n) is 1.57. The molecule has 23 heavy (non-hydrogen) atoms. The molecule has 1 aliphatic rings. The molecule has 0 aromatic carbocycles. The van der Waals surface area contributed by atoms with Gasteiger partial charge in [0, 0.05) is 13.1 Å². The van der Waals surface area contributed by atoms with Gasteiger partial charge in [-0.1, -0.05) is 39.3 Å². The van der Waals surface area contributed by atoms with Crippen LogP contribution in [0.25, 0.3) is 0 Å². The van der Waals surface area contributed by atoms with Crippen molar-refractivity contribution in [2.24, 2.45) is 0 Å². The van der Waals surface area contributed by atoms with Crippen LogP contribution in [0.1, 0.15) is 47.0 Å². The van der Waals surface area contributed by atoms with Gasteiger partial charge in [-0.3, -0.25) is 4.55 Å². The van der Waals surface area contributed by atoms with Gasteiger partial charge in [0.2, 0.25) is 0 Å². The lowest BCUT2D eigenvalue weighted by molar-refractivity contribution is 0.360. The van der Waals surface area contributed by atoms with E-state index in [0.29, 0.717) is 12.7 Å². The maximum atomic E-state index is 12.9. The summed E-state index contributed by atoms with van der Waals surface area (Å²) in [7, 11) is -1.55. The Kier molecular flexibility index (Phi) is 14.2. The summed E-state index contributed by atoms with van der Waals surface area (Å²) in [6.45, 7) is 10.2. The van der Waals surface area contributed by atoms with Gasteiger partial charge in [0.1, 0.15) is 0 Å². The third-order valence-electron chi connectivity index (χ3n) is 2.77. The molecule has 0 bridgehead atoms. The molecule has 0 saturated heterocycles. The van der Waals surface area contributed by atoms with Crippen molar-refractivity contribution in [2.75, 3.05) is 26.4 Å². The number of allylic oxidation sites excluding steroid dienone is 4. The predicted octanol–water partition coefficient (Wildman–Crippen LogP) is 4.38. The lowest BCUT2D eigenvalue weighted by Crippen LogP contribution is -2.24. The predicted molar refractivity (Wildman–Crippen MR) is 96.9 cm³/mol. The first-order valence-electron chi connectivity index (χ1n) is 7.88. The van der Waals surface area contributed by atoms with Gasteiger partial charge in [-0.2, -0.15) is 8.42 Å². The van der Waals surface area contributed by atoms with E-state index in [1.807, 2.05) is 13.0 Å². The second-order valence-corrected chi connectivity index (χ2v) is 6.96. The van der Waals surface area contributed by atoms with Crippen LogP contribution < -0.4 is 0 Å². The average molecular weight is 350 g/mol. The van der Waals surface area contributed by atoms with E-state index in [1.54, 1.807) is 6.08 Å². The minimum atomic E-state index is -3.67. The zero-order valence-corrected chi connectivity index (χ0v) is 16.1. The first-order valence-corrected chi connectivity index (χ1v) is 9.73. The first-order chi connectivity index (χ1) is 10.5. The standard InChI is InChI=1S/C13H20FN.C3H8.CH4O3S/c1-4-13(14)6-5-11(2)12-7-9-15(3)10-8-12;1-3-2;1-5(2,3)4/h5-7H,4,8-10H2,1-3H3;3H2,1-2H3;1H3,(H,2,3,4)/b11-5+,13-6+;;. The van der Waals surface area contributed by atoms with E-state index in [0.717, 1.165) is 19.5 Å². The van der Waals surface area contributed by atoms with E-state index in [9.17, 15) is 12.8 Å². The molecular formula is C17H32FNO3S. The summed E-state index contributed by atoms with van der Waals surface area (Å²) in [5.74, 6) is -0.0529. The van der Waals surface area contributed by atoms with Crippen LogP contribution in [0, 0.1) is 0 Å². The van der Waals surface area contributed by atoms with Crippen LogP contribution in [0.5, 0.6) is 0 Å². The Morgan fingerprint density at radius 2 is 1.83 bits per heavy atom. The molecule has 1 N–H and O–H groups in total. The molecule has 0 aromatic rings. The minimum Gasteiger partial charge on any atom is -0.302 e. The van der Waals surface area contributed by atoms with E-state index in [-0.39, 0.29) is 5.83 Å². The number of nitrogens with zero attached hydrogens (tertiary/aromatic N) is 1. The van der Waals surface area contributed by atoms with Gasteiger partial charge < -0.3 is 4.90 Å². The Morgan fingerprint density at radius 3 is 2.17 bits per heavy atom. The first kappa shape index (κ1) is 24.3. The molecule has 0 fully saturated rings. The van der Waals surface area contributed by atoms with Crippen molar-refractivity contribution in [3.8, 4) is 0 Å². The molecule has 4 nitrogen and oxygen atoms in total. The second kappa shape index (κ2) is 13.5. The van der Waals surface area contributed by atoms with Gasteiger partial charge >= 0.3 is 0 Å². The zero-order chi connectivity index (χ0) is 18.5. The quantitative estimate of drug-likeness (QED) is 0.607. The van der Waals surface area contributed by atoms with Crippen LogP contribution in [-0.4, -0.2) is 44.3 Å². The van der Waals surface area contributed by atoms with Gasteiger partial charge in [0.25, 0.3) is 10.1 Å². The second-order valence-electron chi connectivity index (χ2n) is 5.50. The Hall–Kier alpha value is -0.980. The Morgan fingerprint density at radius 1 is 1.35 bits per heavy atom. The molecule has 1 rings (SSSR count). The lowest BCUT2D eigenvalue weighted by atomic mass is 10.0. The third-order valence-corrected chi connectivity index (χ3v) is 2.77. The summed E-state index contributed by atoms with van der Waals surface area (Å²) < 4.78 is 38.8. The molecule has 0 unspecified atom stereocenters. The van der Waals surface area contributed by atoms with E-state index < -0.39 is 10.1 Å². The fraction of sp³-hybridized carbons (Fsp3) is 0.647. The van der Waals surface area contributed by atoms with E-state index in [2.05, 4.69) is 38.8 Å². The number of halogens is 1. The number of hydrogen-bond donors (Lipinski definition) is 1. The van der Waals surface area contributed by atoms with Gasteiger partial charge in [-0.25, -0.2) is 4.39 Å². The van der Waals surface area contributed by atoms with E-state index in [4.69, 9.17) is 4.55 Å². The monoisotopic (exact) mass is 349 g/mol. The number of rotatable bonds is 3. The molecule has 0 radical (unpaired) electrons. The lowest BCUT2D eigenvalue weighted by Gasteiger charge is -2.22. The minimum absolute atomic E-state index is 0.0529. The zero-order valence-electron chi connectivity index (χ0n) is 15.3. The molecule has 0 spiro atoms. The summed E-state index contributed by atoms with van der Waals surface area (Å²) in [4.78, 5) is 2.28. The van der Waals surface area contributed by atoms with Crippen molar-refractivity contribution in [1.29, 1.82) is 0 Å². The van der Waals surface area contributed by atoms with Crippen molar-refractivity contribution in [2.45, 2.75) is 47.0 Å². The summed E-state index contributed by atoms with van der Waals surface area (Å²) in [6, 6.07) is 0. The average Bonchev–Trinajstić information content (AvgIpc) is 2.44. The van der Waals surface area contributed by atoms with E-state index >= 15 is 0 Å². The van der Waals surface area contributed by atoms with Crippen molar-refractivity contribution in [3.63, 3.8) is 0 Å². The summed E-state index contributed by atoms with van der Waals surface area (Å²) in [6.07, 6.45) is 9.20. The molecule has 0 saturated carbocycles. The van der Waals surface area contributed by atoms with Crippen molar-refractivity contribution in [3.05, 3.63) is 35.2 Å². The molecular weight excluding hydrogens is 317 g/mol. The van der Waals surface area contributed by atoms with Crippen LogP contribution >= 0.6 is 0 Å². The van der Waals surface area contributed by atoms with Crippen LogP contribution in [-0.2, 0) is 10.1 Å². The normalized spacial score (nSPS) is 16.6. The molecule has 0 amide bonds.